The van der Waals surface area contributed by atoms with Crippen LogP contribution in [0.3, 0.4) is 0 Å². The minimum atomic E-state index is -0.202. The molecule has 0 N–H and O–H groups in total. The zero-order chi connectivity index (χ0) is 13.2. The topological polar surface area (TPSA) is 74.6 Å². The highest BCUT2D eigenvalue weighted by atomic mass is 16.5. The Hall–Kier alpha value is -2.41. The van der Waals surface area contributed by atoms with Crippen LogP contribution in [0.2, 0.25) is 0 Å². The molecule has 0 aliphatic heterocycles. The highest BCUT2D eigenvalue weighted by Crippen LogP contribution is 2.06. The lowest BCUT2D eigenvalue weighted by Crippen LogP contribution is -2.21. The van der Waals surface area contributed by atoms with E-state index in [1.807, 2.05) is 6.07 Å². The molecule has 3 aromatic rings. The van der Waals surface area contributed by atoms with E-state index in [4.69, 9.17) is 9.26 Å². The summed E-state index contributed by atoms with van der Waals surface area (Å²) in [7, 11) is 1.58. The molecule has 0 radical (unpaired) electrons. The van der Waals surface area contributed by atoms with Crippen molar-refractivity contribution in [2.24, 2.45) is 0 Å². The maximum absolute atomic E-state index is 12.0. The van der Waals surface area contributed by atoms with E-state index in [1.54, 1.807) is 31.5 Å². The van der Waals surface area contributed by atoms with Crippen molar-refractivity contribution in [1.82, 2.24) is 19.3 Å². The second kappa shape index (κ2) is 4.69. The maximum atomic E-state index is 12.0. The van der Waals surface area contributed by atoms with Gasteiger partial charge in [-0.25, -0.2) is 9.48 Å². The van der Waals surface area contributed by atoms with E-state index in [1.165, 1.54) is 9.08 Å². The Morgan fingerprint density at radius 1 is 1.42 bits per heavy atom. The summed E-state index contributed by atoms with van der Waals surface area (Å²) >= 11 is 0. The van der Waals surface area contributed by atoms with E-state index in [9.17, 15) is 4.79 Å². The largest absolute Gasteiger partial charge is 0.377 e. The first-order valence-electron chi connectivity index (χ1n) is 5.75. The summed E-state index contributed by atoms with van der Waals surface area (Å²) < 4.78 is 12.8. The van der Waals surface area contributed by atoms with Crippen LogP contribution >= 0.6 is 0 Å². The molecule has 19 heavy (non-hydrogen) atoms. The number of fused-ring (bicyclic) bond motifs is 1. The first kappa shape index (κ1) is 11.7. The van der Waals surface area contributed by atoms with Crippen molar-refractivity contribution in [1.29, 1.82) is 0 Å². The normalized spacial score (nSPS) is 11.2. The van der Waals surface area contributed by atoms with Crippen LogP contribution in [0.25, 0.3) is 5.65 Å². The van der Waals surface area contributed by atoms with Gasteiger partial charge in [0.15, 0.2) is 11.4 Å². The van der Waals surface area contributed by atoms with Crippen molar-refractivity contribution in [3.63, 3.8) is 0 Å². The standard InChI is InChI=1S/C12H12N4O3/c1-18-8-10-6-9(14-19-10)7-16-12(17)15-5-3-2-4-11(15)13-16/h2-6H,7-8H2,1H3. The number of rotatable bonds is 4. The molecule has 3 heterocycles. The first-order valence-corrected chi connectivity index (χ1v) is 5.75. The van der Waals surface area contributed by atoms with Crippen LogP contribution in [0.5, 0.6) is 0 Å². The zero-order valence-corrected chi connectivity index (χ0v) is 10.3. The molecule has 0 aliphatic rings. The van der Waals surface area contributed by atoms with Gasteiger partial charge in [-0.3, -0.25) is 4.40 Å². The zero-order valence-electron chi connectivity index (χ0n) is 10.3. The summed E-state index contributed by atoms with van der Waals surface area (Å²) in [6.07, 6.45) is 1.68. The number of ether oxygens (including phenoxy) is 1. The van der Waals surface area contributed by atoms with Gasteiger partial charge in [0.25, 0.3) is 0 Å². The monoisotopic (exact) mass is 260 g/mol. The summed E-state index contributed by atoms with van der Waals surface area (Å²) in [6.45, 7) is 0.626. The summed E-state index contributed by atoms with van der Waals surface area (Å²) in [5.41, 5.74) is 1.04. The lowest BCUT2D eigenvalue weighted by atomic mass is 10.4. The average Bonchev–Trinajstić information content (AvgIpc) is 2.97. The molecule has 0 amide bonds. The lowest BCUT2D eigenvalue weighted by Gasteiger charge is -1.92. The van der Waals surface area contributed by atoms with Gasteiger partial charge in [0, 0.05) is 19.4 Å². The number of hydrogen-bond donors (Lipinski definition) is 0. The average molecular weight is 260 g/mol. The number of hydrogen-bond acceptors (Lipinski definition) is 5. The Morgan fingerprint density at radius 3 is 3.11 bits per heavy atom. The second-order valence-corrected chi connectivity index (χ2v) is 4.09. The fourth-order valence-corrected chi connectivity index (χ4v) is 1.87. The first-order chi connectivity index (χ1) is 9.28. The molecular formula is C12H12N4O3. The number of nitrogens with zero attached hydrogens (tertiary/aromatic N) is 4. The Labute approximate surface area is 108 Å². The van der Waals surface area contributed by atoms with Crippen molar-refractivity contribution in [3.05, 3.63) is 52.4 Å². The molecule has 3 rings (SSSR count). The van der Waals surface area contributed by atoms with Crippen LogP contribution in [0.4, 0.5) is 0 Å². The SMILES string of the molecule is COCc1cc(Cn2nc3ccccn3c2=O)no1. The van der Waals surface area contributed by atoms with E-state index < -0.39 is 0 Å². The van der Waals surface area contributed by atoms with E-state index in [0.29, 0.717) is 23.7 Å². The Balaban J connectivity index is 1.92. The third-order valence-electron chi connectivity index (χ3n) is 2.69. The van der Waals surface area contributed by atoms with Gasteiger partial charge in [0.05, 0.1) is 6.54 Å². The lowest BCUT2D eigenvalue weighted by molar-refractivity contribution is 0.155. The number of aromatic nitrogens is 4. The molecule has 0 saturated heterocycles. The van der Waals surface area contributed by atoms with Gasteiger partial charge in [0.2, 0.25) is 0 Å². The Bertz CT molecular complexity index is 756. The van der Waals surface area contributed by atoms with E-state index in [-0.39, 0.29) is 12.2 Å². The third-order valence-corrected chi connectivity index (χ3v) is 2.69. The van der Waals surface area contributed by atoms with Gasteiger partial charge in [0.1, 0.15) is 12.3 Å². The van der Waals surface area contributed by atoms with Crippen LogP contribution in [0, 0.1) is 0 Å². The van der Waals surface area contributed by atoms with Crippen molar-refractivity contribution in [3.8, 4) is 0 Å². The van der Waals surface area contributed by atoms with Crippen LogP contribution in [-0.2, 0) is 17.9 Å². The van der Waals surface area contributed by atoms with Gasteiger partial charge >= 0.3 is 5.69 Å². The molecular weight excluding hydrogens is 248 g/mol. The second-order valence-electron chi connectivity index (χ2n) is 4.09. The van der Waals surface area contributed by atoms with Crippen LogP contribution in [-0.4, -0.2) is 26.4 Å². The highest BCUT2D eigenvalue weighted by Gasteiger charge is 2.09. The van der Waals surface area contributed by atoms with Crippen molar-refractivity contribution in [2.75, 3.05) is 7.11 Å². The predicted octanol–water partition coefficient (Wildman–Crippen LogP) is 0.679. The summed E-state index contributed by atoms with van der Waals surface area (Å²) in [4.78, 5) is 12.0. The molecule has 0 aromatic carbocycles. The minimum Gasteiger partial charge on any atom is -0.377 e. The van der Waals surface area contributed by atoms with Gasteiger partial charge < -0.3 is 9.26 Å². The molecule has 0 spiro atoms. The van der Waals surface area contributed by atoms with E-state index in [0.717, 1.165) is 0 Å². The molecule has 98 valence electrons. The van der Waals surface area contributed by atoms with Gasteiger partial charge in [-0.1, -0.05) is 11.2 Å². The smallest absolute Gasteiger partial charge is 0.350 e. The summed E-state index contributed by atoms with van der Waals surface area (Å²) in [5, 5.41) is 8.09. The molecule has 7 nitrogen and oxygen atoms in total. The van der Waals surface area contributed by atoms with E-state index >= 15 is 0 Å². The van der Waals surface area contributed by atoms with Gasteiger partial charge in [-0.2, -0.15) is 0 Å². The van der Waals surface area contributed by atoms with E-state index in [2.05, 4.69) is 10.3 Å². The Morgan fingerprint density at radius 2 is 2.32 bits per heavy atom. The molecule has 0 fully saturated rings. The van der Waals surface area contributed by atoms with Crippen LogP contribution in [0.15, 0.2) is 39.8 Å². The van der Waals surface area contributed by atoms with Gasteiger partial charge in [-0.05, 0) is 12.1 Å². The minimum absolute atomic E-state index is 0.202. The summed E-state index contributed by atoms with van der Waals surface area (Å²) in [6, 6.07) is 7.14. The fraction of sp³-hybridized carbons (Fsp3) is 0.250. The third kappa shape index (κ3) is 2.15. The highest BCUT2D eigenvalue weighted by molar-refractivity contribution is 5.35. The van der Waals surface area contributed by atoms with Crippen molar-refractivity contribution < 1.29 is 9.26 Å². The van der Waals surface area contributed by atoms with Crippen LogP contribution < -0.4 is 5.69 Å². The van der Waals surface area contributed by atoms with Crippen molar-refractivity contribution in [2.45, 2.75) is 13.2 Å². The number of pyridine rings is 1. The molecule has 0 bridgehead atoms. The quantitative estimate of drug-likeness (QED) is 0.689. The summed E-state index contributed by atoms with van der Waals surface area (Å²) in [5.74, 6) is 0.620. The molecule has 0 aliphatic carbocycles. The molecule has 7 heteroatoms. The number of methoxy groups -OCH3 is 1. The fourth-order valence-electron chi connectivity index (χ4n) is 1.87. The predicted molar refractivity (Wildman–Crippen MR) is 65.8 cm³/mol. The maximum Gasteiger partial charge on any atom is 0.350 e. The van der Waals surface area contributed by atoms with Gasteiger partial charge in [-0.15, -0.1) is 5.10 Å². The van der Waals surface area contributed by atoms with Crippen LogP contribution in [0.1, 0.15) is 11.5 Å². The molecule has 3 aromatic heterocycles. The molecule has 0 unspecified atom stereocenters. The molecule has 0 atom stereocenters. The molecule has 0 saturated carbocycles. The Kier molecular flexibility index (Phi) is 2.88. The van der Waals surface area contributed by atoms with Crippen molar-refractivity contribution >= 4 is 5.65 Å².